The molecule has 7 nitrogen and oxygen atoms in total. The van der Waals surface area contributed by atoms with Crippen molar-refractivity contribution in [3.05, 3.63) is 11.8 Å². The number of piperidine rings is 1. The van der Waals surface area contributed by atoms with Crippen LogP contribution in [-0.2, 0) is 23.8 Å². The van der Waals surface area contributed by atoms with Gasteiger partial charge in [-0.1, -0.05) is 0 Å². The minimum absolute atomic E-state index is 0.0323. The fourth-order valence-electron chi connectivity index (χ4n) is 3.29. The largest absolute Gasteiger partial charge is 0.534 e. The minimum Gasteiger partial charge on any atom is -0.468 e. The molecule has 1 saturated heterocycles. The second-order valence-electron chi connectivity index (χ2n) is 6.51. The van der Waals surface area contributed by atoms with E-state index < -0.39 is 21.7 Å². The van der Waals surface area contributed by atoms with Crippen LogP contribution in [0.25, 0.3) is 0 Å². The van der Waals surface area contributed by atoms with Crippen LogP contribution < -0.4 is 0 Å². The first kappa shape index (κ1) is 21.0. The molecule has 0 saturated carbocycles. The number of hydrogen-bond acceptors (Lipinski definition) is 7. The quantitative estimate of drug-likeness (QED) is 0.391. The van der Waals surface area contributed by atoms with Crippen LogP contribution in [0.3, 0.4) is 0 Å². The molecule has 1 fully saturated rings. The van der Waals surface area contributed by atoms with E-state index in [1.165, 1.54) is 13.2 Å². The van der Waals surface area contributed by atoms with Crippen LogP contribution >= 0.6 is 0 Å². The first-order valence-electron chi connectivity index (χ1n) is 8.25. The average molecular weight is 400 g/mol. The number of nitrogens with zero attached hydrogens (tertiary/aromatic N) is 2. The van der Waals surface area contributed by atoms with Crippen LogP contribution in [-0.4, -0.2) is 76.1 Å². The van der Waals surface area contributed by atoms with E-state index in [0.29, 0.717) is 0 Å². The lowest BCUT2D eigenvalue weighted by molar-refractivity contribution is -0.150. The number of likely N-dealkylation sites (tertiary alicyclic amines) is 1. The Morgan fingerprint density at radius 1 is 1.27 bits per heavy atom. The van der Waals surface area contributed by atoms with E-state index in [4.69, 9.17) is 4.74 Å². The molecule has 0 aromatic carbocycles. The second-order valence-corrected chi connectivity index (χ2v) is 8.05. The molecule has 0 bridgehead atoms. The molecule has 2 aliphatic rings. The van der Waals surface area contributed by atoms with Gasteiger partial charge in [0.15, 0.2) is 0 Å². The lowest BCUT2D eigenvalue weighted by Gasteiger charge is -2.39. The highest BCUT2D eigenvalue weighted by atomic mass is 32.2. The Balaban J connectivity index is 2.06. The summed E-state index contributed by atoms with van der Waals surface area (Å²) in [6.45, 7) is 2.03. The zero-order valence-corrected chi connectivity index (χ0v) is 15.5. The monoisotopic (exact) mass is 400 g/mol. The van der Waals surface area contributed by atoms with Gasteiger partial charge >= 0.3 is 21.6 Å². The minimum atomic E-state index is -5.67. The Kier molecular flexibility index (Phi) is 6.56. The van der Waals surface area contributed by atoms with Gasteiger partial charge < -0.3 is 13.8 Å². The van der Waals surface area contributed by atoms with E-state index >= 15 is 0 Å². The maximum atomic E-state index is 12.4. The summed E-state index contributed by atoms with van der Waals surface area (Å²) in [7, 11) is -2.37. The molecular formula is C15H23F3N2O5S. The molecule has 0 amide bonds. The highest BCUT2D eigenvalue weighted by Gasteiger charge is 2.49. The summed E-state index contributed by atoms with van der Waals surface area (Å²) < 4.78 is 68.5. The third kappa shape index (κ3) is 4.89. The first-order valence-corrected chi connectivity index (χ1v) is 9.66. The van der Waals surface area contributed by atoms with Crippen molar-refractivity contribution in [3.8, 4) is 0 Å². The fraction of sp³-hybridized carbons (Fsp3) is 0.800. The van der Waals surface area contributed by atoms with Gasteiger partial charge in [0, 0.05) is 19.5 Å². The maximum Gasteiger partial charge on any atom is 0.534 e. The standard InChI is InChI=1S/C15H23F3N2O5S/c1-19-7-3-11(4-8-19)13(14(21)24-2)20-9-5-12(6-10-20)25-26(22,23)15(16,17)18/h5,11,13H,3-4,6-10H2,1-2H3. The van der Waals surface area contributed by atoms with Gasteiger partial charge in [-0.2, -0.15) is 21.6 Å². The van der Waals surface area contributed by atoms with Crippen LogP contribution in [0.4, 0.5) is 13.2 Å². The first-order chi connectivity index (χ1) is 12.0. The number of esters is 1. The van der Waals surface area contributed by atoms with E-state index in [0.717, 1.165) is 25.9 Å². The summed E-state index contributed by atoms with van der Waals surface area (Å²) in [6.07, 6.45) is 2.86. The Bertz CT molecular complexity index is 642. The van der Waals surface area contributed by atoms with E-state index in [2.05, 4.69) is 9.08 Å². The zero-order valence-electron chi connectivity index (χ0n) is 14.7. The summed E-state index contributed by atoms with van der Waals surface area (Å²) in [4.78, 5) is 16.2. The Morgan fingerprint density at radius 3 is 2.35 bits per heavy atom. The number of hydrogen-bond donors (Lipinski definition) is 0. The van der Waals surface area contributed by atoms with Crippen LogP contribution in [0.2, 0.25) is 0 Å². The van der Waals surface area contributed by atoms with Crippen molar-refractivity contribution in [2.24, 2.45) is 5.92 Å². The average Bonchev–Trinajstić information content (AvgIpc) is 2.57. The maximum absolute atomic E-state index is 12.4. The highest BCUT2D eigenvalue weighted by molar-refractivity contribution is 7.87. The molecule has 26 heavy (non-hydrogen) atoms. The number of carbonyl (C=O) groups excluding carboxylic acids is 1. The van der Waals surface area contributed by atoms with Gasteiger partial charge in [0.05, 0.1) is 7.11 Å². The summed E-state index contributed by atoms with van der Waals surface area (Å²) in [5, 5.41) is 0. The van der Waals surface area contributed by atoms with Crippen LogP contribution in [0, 0.1) is 5.92 Å². The molecular weight excluding hydrogens is 377 g/mol. The molecule has 0 aliphatic carbocycles. The smallest absolute Gasteiger partial charge is 0.468 e. The number of methoxy groups -OCH3 is 1. The van der Waals surface area contributed by atoms with E-state index in [1.54, 1.807) is 4.90 Å². The van der Waals surface area contributed by atoms with E-state index in [1.807, 2.05) is 7.05 Å². The lowest BCUT2D eigenvalue weighted by Crippen LogP contribution is -2.51. The SMILES string of the molecule is COC(=O)C(C1CCN(C)CC1)N1CC=C(OS(=O)(=O)C(F)(F)F)CC1. The topological polar surface area (TPSA) is 76.2 Å². The molecule has 1 unspecified atom stereocenters. The van der Waals surface area contributed by atoms with Gasteiger partial charge in [0.1, 0.15) is 11.8 Å². The molecule has 0 N–H and O–H groups in total. The van der Waals surface area contributed by atoms with Gasteiger partial charge in [-0.05, 0) is 45.0 Å². The molecule has 0 spiro atoms. The normalized spacial score (nSPS) is 22.6. The molecule has 1 atom stereocenters. The van der Waals surface area contributed by atoms with Crippen LogP contribution in [0.5, 0.6) is 0 Å². The molecule has 0 aromatic rings. The van der Waals surface area contributed by atoms with Gasteiger partial charge in [-0.3, -0.25) is 9.69 Å². The predicted molar refractivity (Wildman–Crippen MR) is 86.4 cm³/mol. The number of carbonyl (C=O) groups is 1. The van der Waals surface area contributed by atoms with Crippen LogP contribution in [0.15, 0.2) is 11.8 Å². The predicted octanol–water partition coefficient (Wildman–Crippen LogP) is 1.33. The number of alkyl halides is 3. The molecule has 2 aliphatic heterocycles. The molecule has 0 radical (unpaired) electrons. The van der Waals surface area contributed by atoms with Crippen molar-refractivity contribution in [2.45, 2.75) is 30.8 Å². The molecule has 2 rings (SSSR count). The Labute approximate surface area is 150 Å². The van der Waals surface area contributed by atoms with Gasteiger partial charge in [0.25, 0.3) is 0 Å². The van der Waals surface area contributed by atoms with Crippen molar-refractivity contribution in [1.29, 1.82) is 0 Å². The van der Waals surface area contributed by atoms with Crippen molar-refractivity contribution in [2.75, 3.05) is 40.3 Å². The number of halogens is 3. The van der Waals surface area contributed by atoms with Gasteiger partial charge in [-0.15, -0.1) is 0 Å². The fourth-order valence-corrected chi connectivity index (χ4v) is 3.82. The van der Waals surface area contributed by atoms with Crippen molar-refractivity contribution in [3.63, 3.8) is 0 Å². The van der Waals surface area contributed by atoms with Crippen LogP contribution in [0.1, 0.15) is 19.3 Å². The zero-order chi connectivity index (χ0) is 19.5. The highest BCUT2D eigenvalue weighted by Crippen LogP contribution is 2.30. The summed E-state index contributed by atoms with van der Waals surface area (Å²) in [5.41, 5.74) is -5.46. The van der Waals surface area contributed by atoms with Crippen molar-refractivity contribution >= 4 is 16.1 Å². The van der Waals surface area contributed by atoms with Crippen molar-refractivity contribution in [1.82, 2.24) is 9.80 Å². The van der Waals surface area contributed by atoms with Crippen molar-refractivity contribution < 1.29 is 35.3 Å². The van der Waals surface area contributed by atoms with Gasteiger partial charge in [-0.25, -0.2) is 0 Å². The number of ether oxygens (including phenoxy) is 1. The van der Waals surface area contributed by atoms with Gasteiger partial charge in [0.2, 0.25) is 0 Å². The third-order valence-corrected chi connectivity index (χ3v) is 5.75. The summed E-state index contributed by atoms with van der Waals surface area (Å²) in [6, 6.07) is -0.509. The lowest BCUT2D eigenvalue weighted by atomic mass is 9.88. The van der Waals surface area contributed by atoms with E-state index in [-0.39, 0.29) is 37.2 Å². The Hall–Kier alpha value is -1.33. The summed E-state index contributed by atoms with van der Waals surface area (Å²) in [5.74, 6) is -0.570. The molecule has 2 heterocycles. The number of rotatable bonds is 5. The molecule has 0 aromatic heterocycles. The molecule has 11 heteroatoms. The second kappa shape index (κ2) is 8.13. The van der Waals surface area contributed by atoms with E-state index in [9.17, 15) is 26.4 Å². The third-order valence-electron chi connectivity index (χ3n) is 4.74. The molecule has 150 valence electrons. The Morgan fingerprint density at radius 2 is 1.88 bits per heavy atom. The summed E-state index contributed by atoms with van der Waals surface area (Å²) >= 11 is 0.